The number of carbonyl (C=O) groups excluding carboxylic acids is 2. The smallest absolute Gasteiger partial charge is 0.341 e. The van der Waals surface area contributed by atoms with Crippen molar-refractivity contribution in [1.29, 1.82) is 0 Å². The summed E-state index contributed by atoms with van der Waals surface area (Å²) in [5, 5.41) is 12.6. The number of amides is 1. The number of carbonyl (C=O) groups is 2. The molecule has 35 heavy (non-hydrogen) atoms. The predicted molar refractivity (Wildman–Crippen MR) is 138 cm³/mol. The van der Waals surface area contributed by atoms with Gasteiger partial charge in [0, 0.05) is 11.9 Å². The third kappa shape index (κ3) is 6.05. The van der Waals surface area contributed by atoms with Gasteiger partial charge in [-0.25, -0.2) is 4.79 Å². The Hall–Kier alpha value is -2.85. The van der Waals surface area contributed by atoms with Crippen molar-refractivity contribution in [2.24, 2.45) is 7.05 Å². The first kappa shape index (κ1) is 25.2. The Morgan fingerprint density at radius 2 is 1.89 bits per heavy atom. The molecule has 0 saturated carbocycles. The normalized spacial score (nSPS) is 12.8. The van der Waals surface area contributed by atoms with E-state index in [1.165, 1.54) is 28.0 Å². The molecule has 0 aliphatic heterocycles. The van der Waals surface area contributed by atoms with E-state index >= 15 is 0 Å². The van der Waals surface area contributed by atoms with Crippen LogP contribution in [-0.2, 0) is 36.0 Å². The Bertz CT molecular complexity index is 1210. The SMILES string of the molecule is CCOC(=O)c1c(NC(=O)CSc2nnc(COc3cc(C)cc(C)c3)n2C)sc2c1CCCC2. The number of aryl methyl sites for hydroxylation is 3. The van der Waals surface area contributed by atoms with Crippen molar-refractivity contribution >= 4 is 40.0 Å². The molecule has 0 spiro atoms. The lowest BCUT2D eigenvalue weighted by Crippen LogP contribution is -2.17. The number of fused-ring (bicyclic) bond motifs is 1. The van der Waals surface area contributed by atoms with Crippen LogP contribution in [0.1, 0.15) is 57.5 Å². The molecule has 1 aromatic carbocycles. The summed E-state index contributed by atoms with van der Waals surface area (Å²) in [6, 6.07) is 6.06. The zero-order chi connectivity index (χ0) is 24.9. The van der Waals surface area contributed by atoms with Crippen LogP contribution in [0.3, 0.4) is 0 Å². The van der Waals surface area contributed by atoms with Crippen LogP contribution in [0.15, 0.2) is 23.4 Å². The fraction of sp³-hybridized carbons (Fsp3) is 0.440. The number of benzene rings is 1. The predicted octanol–water partition coefficient (Wildman–Crippen LogP) is 4.86. The van der Waals surface area contributed by atoms with Crippen molar-refractivity contribution in [2.45, 2.75) is 58.2 Å². The Balaban J connectivity index is 1.38. The number of anilines is 1. The highest BCUT2D eigenvalue weighted by Crippen LogP contribution is 2.38. The molecule has 2 heterocycles. The highest BCUT2D eigenvalue weighted by atomic mass is 32.2. The van der Waals surface area contributed by atoms with E-state index in [1.54, 1.807) is 6.92 Å². The van der Waals surface area contributed by atoms with E-state index in [0.717, 1.165) is 48.1 Å². The fourth-order valence-electron chi connectivity index (χ4n) is 4.13. The second kappa shape index (κ2) is 11.3. The molecular weight excluding hydrogens is 484 g/mol. The number of nitrogens with one attached hydrogen (secondary N) is 1. The standard InChI is InChI=1S/C25H30N4O4S2/c1-5-32-24(31)22-18-8-6-7-9-19(18)35-23(22)26-21(30)14-34-25-28-27-20(29(25)4)13-33-17-11-15(2)10-16(3)12-17/h10-12H,5-9,13-14H2,1-4H3,(H,26,30). The summed E-state index contributed by atoms with van der Waals surface area (Å²) >= 11 is 2.78. The summed E-state index contributed by atoms with van der Waals surface area (Å²) in [5.74, 6) is 1.04. The van der Waals surface area contributed by atoms with Gasteiger partial charge in [0.05, 0.1) is 17.9 Å². The zero-order valence-electron chi connectivity index (χ0n) is 20.5. The number of hydrogen-bond acceptors (Lipinski definition) is 8. The lowest BCUT2D eigenvalue weighted by atomic mass is 9.95. The van der Waals surface area contributed by atoms with E-state index in [-0.39, 0.29) is 24.2 Å². The highest BCUT2D eigenvalue weighted by Gasteiger charge is 2.27. The highest BCUT2D eigenvalue weighted by molar-refractivity contribution is 7.99. The molecule has 0 bridgehead atoms. The number of esters is 1. The number of aromatic nitrogens is 3. The molecule has 0 fully saturated rings. The number of thiophene rings is 1. The fourth-order valence-corrected chi connectivity index (χ4v) is 6.15. The lowest BCUT2D eigenvalue weighted by Gasteiger charge is -2.12. The van der Waals surface area contributed by atoms with Crippen molar-refractivity contribution in [3.05, 3.63) is 51.2 Å². The largest absolute Gasteiger partial charge is 0.486 e. The van der Waals surface area contributed by atoms with Crippen LogP contribution in [0.5, 0.6) is 5.75 Å². The van der Waals surface area contributed by atoms with Crippen molar-refractivity contribution in [3.63, 3.8) is 0 Å². The molecule has 1 amide bonds. The molecule has 0 saturated heterocycles. The molecule has 0 radical (unpaired) electrons. The number of nitrogens with zero attached hydrogens (tertiary/aromatic N) is 3. The van der Waals surface area contributed by atoms with E-state index in [9.17, 15) is 9.59 Å². The lowest BCUT2D eigenvalue weighted by molar-refractivity contribution is -0.113. The first-order valence-corrected chi connectivity index (χ1v) is 13.5. The summed E-state index contributed by atoms with van der Waals surface area (Å²) in [4.78, 5) is 26.5. The van der Waals surface area contributed by atoms with Gasteiger partial charge in [0.15, 0.2) is 11.0 Å². The quantitative estimate of drug-likeness (QED) is 0.322. The van der Waals surface area contributed by atoms with Crippen LogP contribution < -0.4 is 10.1 Å². The number of hydrogen-bond donors (Lipinski definition) is 1. The summed E-state index contributed by atoms with van der Waals surface area (Å²) in [6.07, 6.45) is 3.92. The molecule has 1 aliphatic rings. The maximum atomic E-state index is 12.8. The van der Waals surface area contributed by atoms with Gasteiger partial charge < -0.3 is 19.4 Å². The molecule has 1 aliphatic carbocycles. The third-order valence-electron chi connectivity index (χ3n) is 5.72. The number of thioether (sulfide) groups is 1. The van der Waals surface area contributed by atoms with Crippen LogP contribution in [0, 0.1) is 13.8 Å². The molecule has 10 heteroatoms. The minimum Gasteiger partial charge on any atom is -0.486 e. The van der Waals surface area contributed by atoms with Crippen LogP contribution in [0.4, 0.5) is 5.00 Å². The number of ether oxygens (including phenoxy) is 2. The van der Waals surface area contributed by atoms with Crippen LogP contribution in [0.25, 0.3) is 0 Å². The first-order valence-electron chi connectivity index (χ1n) is 11.7. The van der Waals surface area contributed by atoms with Gasteiger partial charge >= 0.3 is 5.97 Å². The summed E-state index contributed by atoms with van der Waals surface area (Å²) < 4.78 is 13.0. The van der Waals surface area contributed by atoms with Crippen molar-refractivity contribution in [2.75, 3.05) is 17.7 Å². The van der Waals surface area contributed by atoms with Gasteiger partial charge in [-0.05, 0) is 75.3 Å². The first-order chi connectivity index (χ1) is 16.9. The van der Waals surface area contributed by atoms with Crippen LogP contribution in [-0.4, -0.2) is 39.0 Å². The second-order valence-corrected chi connectivity index (χ2v) is 10.6. The molecule has 0 unspecified atom stereocenters. The molecule has 8 nitrogen and oxygen atoms in total. The minimum atomic E-state index is -0.364. The second-order valence-electron chi connectivity index (χ2n) is 8.54. The van der Waals surface area contributed by atoms with Gasteiger partial charge in [-0.2, -0.15) is 0 Å². The summed E-state index contributed by atoms with van der Waals surface area (Å²) in [5.41, 5.74) is 3.83. The Morgan fingerprint density at radius 3 is 2.63 bits per heavy atom. The monoisotopic (exact) mass is 514 g/mol. The molecular formula is C25H30N4O4S2. The van der Waals surface area contributed by atoms with Gasteiger partial charge in [0.2, 0.25) is 5.91 Å². The van der Waals surface area contributed by atoms with Crippen LogP contribution >= 0.6 is 23.1 Å². The van der Waals surface area contributed by atoms with Crippen molar-refractivity contribution < 1.29 is 19.1 Å². The third-order valence-corrected chi connectivity index (χ3v) is 7.95. The average Bonchev–Trinajstić information content (AvgIpc) is 3.35. The van der Waals surface area contributed by atoms with E-state index in [1.807, 2.05) is 37.6 Å². The topological polar surface area (TPSA) is 95.3 Å². The molecule has 1 N–H and O–H groups in total. The van der Waals surface area contributed by atoms with Crippen LogP contribution in [0.2, 0.25) is 0 Å². The Labute approximate surface area is 213 Å². The maximum Gasteiger partial charge on any atom is 0.341 e. The summed E-state index contributed by atoms with van der Waals surface area (Å²) in [7, 11) is 1.85. The Kier molecular flexibility index (Phi) is 8.12. The summed E-state index contributed by atoms with van der Waals surface area (Å²) in [6.45, 7) is 6.43. The Morgan fingerprint density at radius 1 is 1.14 bits per heavy atom. The van der Waals surface area contributed by atoms with Gasteiger partial charge in [-0.15, -0.1) is 21.5 Å². The van der Waals surface area contributed by atoms with Gasteiger partial charge in [-0.3, -0.25) is 4.79 Å². The van der Waals surface area contributed by atoms with Crippen molar-refractivity contribution in [1.82, 2.24) is 14.8 Å². The van der Waals surface area contributed by atoms with E-state index in [0.29, 0.717) is 28.2 Å². The molecule has 2 aromatic heterocycles. The molecule has 4 rings (SSSR count). The minimum absolute atomic E-state index is 0.148. The van der Waals surface area contributed by atoms with E-state index in [4.69, 9.17) is 9.47 Å². The van der Waals surface area contributed by atoms with Gasteiger partial charge in [0.25, 0.3) is 0 Å². The van der Waals surface area contributed by atoms with Gasteiger partial charge in [0.1, 0.15) is 17.4 Å². The van der Waals surface area contributed by atoms with E-state index < -0.39 is 0 Å². The number of rotatable bonds is 9. The molecule has 186 valence electrons. The maximum absolute atomic E-state index is 12.8. The molecule has 0 atom stereocenters. The molecule has 3 aromatic rings. The van der Waals surface area contributed by atoms with E-state index in [2.05, 4.69) is 21.6 Å². The van der Waals surface area contributed by atoms with Gasteiger partial charge in [-0.1, -0.05) is 17.8 Å². The van der Waals surface area contributed by atoms with Crippen molar-refractivity contribution in [3.8, 4) is 5.75 Å². The average molecular weight is 515 g/mol. The zero-order valence-corrected chi connectivity index (χ0v) is 22.1.